The van der Waals surface area contributed by atoms with Crippen LogP contribution in [0, 0.1) is 6.92 Å². The number of nitrogens with zero attached hydrogens (tertiary/aromatic N) is 5. The van der Waals surface area contributed by atoms with Crippen LogP contribution in [0.5, 0.6) is 0 Å². The van der Waals surface area contributed by atoms with E-state index in [1.165, 1.54) is 5.56 Å². The minimum atomic E-state index is 0.252. The first-order valence-corrected chi connectivity index (χ1v) is 8.41. The number of piperazine rings is 1. The highest BCUT2D eigenvalue weighted by Gasteiger charge is 2.17. The summed E-state index contributed by atoms with van der Waals surface area (Å²) in [6.45, 7) is 10.3. The van der Waals surface area contributed by atoms with Gasteiger partial charge in [-0.25, -0.2) is 0 Å². The van der Waals surface area contributed by atoms with E-state index >= 15 is 0 Å². The molecule has 0 amide bonds. The van der Waals surface area contributed by atoms with Gasteiger partial charge in [-0.05, 0) is 25.6 Å². The van der Waals surface area contributed by atoms with Crippen molar-refractivity contribution in [3.63, 3.8) is 0 Å². The lowest BCUT2D eigenvalue weighted by Crippen LogP contribution is -2.45. The number of aromatic nitrogens is 3. The standard InChI is InChI=1S/C17H25N7/c1-3-23-8-10-24(11-9-23)12-15-20-16(18)22-17(21-15)19-14-6-4-13(2)5-7-14/h4-7H,3,8-12H2,1-2H3,(H3,18,19,20,21,22). The first-order valence-electron chi connectivity index (χ1n) is 8.41. The Kier molecular flexibility index (Phi) is 5.22. The van der Waals surface area contributed by atoms with Crippen molar-refractivity contribution < 1.29 is 0 Å². The molecule has 3 N–H and O–H groups in total. The molecule has 1 aromatic carbocycles. The Bertz CT molecular complexity index is 663. The maximum absolute atomic E-state index is 5.86. The lowest BCUT2D eigenvalue weighted by Gasteiger charge is -2.33. The van der Waals surface area contributed by atoms with Crippen molar-refractivity contribution in [1.29, 1.82) is 0 Å². The minimum absolute atomic E-state index is 0.252. The van der Waals surface area contributed by atoms with Crippen molar-refractivity contribution in [3.8, 4) is 0 Å². The molecule has 0 atom stereocenters. The molecule has 0 aliphatic carbocycles. The number of aryl methyl sites for hydroxylation is 1. The number of rotatable bonds is 5. The Morgan fingerprint density at radius 1 is 1.00 bits per heavy atom. The summed E-state index contributed by atoms with van der Waals surface area (Å²) in [6, 6.07) is 8.08. The summed E-state index contributed by atoms with van der Waals surface area (Å²) in [5.41, 5.74) is 8.01. The number of benzene rings is 1. The maximum Gasteiger partial charge on any atom is 0.232 e. The predicted octanol–water partition coefficient (Wildman–Crippen LogP) is 1.64. The quantitative estimate of drug-likeness (QED) is 0.864. The number of nitrogens with two attached hydrogens (primary N) is 1. The Morgan fingerprint density at radius 3 is 2.33 bits per heavy atom. The second-order valence-corrected chi connectivity index (χ2v) is 6.13. The number of likely N-dealkylation sites (N-methyl/N-ethyl adjacent to an activating group) is 1. The molecule has 7 heteroatoms. The molecule has 0 saturated carbocycles. The van der Waals surface area contributed by atoms with Crippen molar-refractivity contribution >= 4 is 17.6 Å². The van der Waals surface area contributed by atoms with Crippen molar-refractivity contribution in [3.05, 3.63) is 35.7 Å². The molecule has 7 nitrogen and oxygen atoms in total. The van der Waals surface area contributed by atoms with Gasteiger partial charge in [0.25, 0.3) is 0 Å². The summed E-state index contributed by atoms with van der Waals surface area (Å²) in [5.74, 6) is 1.46. The Morgan fingerprint density at radius 2 is 1.67 bits per heavy atom. The normalized spacial score (nSPS) is 16.2. The highest BCUT2D eigenvalue weighted by atomic mass is 15.3. The SMILES string of the molecule is CCN1CCN(Cc2nc(N)nc(Nc3ccc(C)cc3)n2)CC1. The van der Waals surface area contributed by atoms with Crippen LogP contribution in [-0.2, 0) is 6.54 Å². The number of hydrogen-bond acceptors (Lipinski definition) is 7. The summed E-state index contributed by atoms with van der Waals surface area (Å²) in [7, 11) is 0. The van der Waals surface area contributed by atoms with Crippen LogP contribution >= 0.6 is 0 Å². The number of nitrogen functional groups attached to an aromatic ring is 1. The zero-order chi connectivity index (χ0) is 16.9. The average molecular weight is 327 g/mol. The van der Waals surface area contributed by atoms with Gasteiger partial charge in [0, 0.05) is 31.9 Å². The fraction of sp³-hybridized carbons (Fsp3) is 0.471. The largest absolute Gasteiger partial charge is 0.368 e. The third-order valence-electron chi connectivity index (χ3n) is 4.28. The van der Waals surface area contributed by atoms with Crippen LogP contribution in [0.2, 0.25) is 0 Å². The van der Waals surface area contributed by atoms with Gasteiger partial charge in [-0.15, -0.1) is 0 Å². The van der Waals surface area contributed by atoms with Crippen LogP contribution in [0.25, 0.3) is 0 Å². The van der Waals surface area contributed by atoms with E-state index in [0.717, 1.165) is 38.4 Å². The van der Waals surface area contributed by atoms with Gasteiger partial charge in [0.2, 0.25) is 11.9 Å². The molecular formula is C17H25N7. The van der Waals surface area contributed by atoms with Crippen LogP contribution in [0.3, 0.4) is 0 Å². The summed E-state index contributed by atoms with van der Waals surface area (Å²) < 4.78 is 0. The predicted molar refractivity (Wildman–Crippen MR) is 96.1 cm³/mol. The van der Waals surface area contributed by atoms with Gasteiger partial charge in [-0.2, -0.15) is 15.0 Å². The molecule has 1 aliphatic rings. The van der Waals surface area contributed by atoms with Crippen molar-refractivity contribution in [2.24, 2.45) is 0 Å². The van der Waals surface area contributed by atoms with Crippen LogP contribution < -0.4 is 11.1 Å². The molecule has 1 saturated heterocycles. The highest BCUT2D eigenvalue weighted by molar-refractivity contribution is 5.54. The van der Waals surface area contributed by atoms with E-state index in [1.807, 2.05) is 24.3 Å². The summed E-state index contributed by atoms with van der Waals surface area (Å²) in [5, 5.41) is 3.20. The number of anilines is 3. The van der Waals surface area contributed by atoms with Crippen LogP contribution in [0.4, 0.5) is 17.6 Å². The topological polar surface area (TPSA) is 83.2 Å². The second-order valence-electron chi connectivity index (χ2n) is 6.13. The summed E-state index contributed by atoms with van der Waals surface area (Å²) in [4.78, 5) is 17.8. The lowest BCUT2D eigenvalue weighted by atomic mass is 10.2. The van der Waals surface area contributed by atoms with Crippen LogP contribution in [-0.4, -0.2) is 57.5 Å². The maximum atomic E-state index is 5.86. The summed E-state index contributed by atoms with van der Waals surface area (Å²) in [6.07, 6.45) is 0. The molecular weight excluding hydrogens is 302 g/mol. The van der Waals surface area contributed by atoms with Gasteiger partial charge in [0.05, 0.1) is 6.54 Å². The Balaban J connectivity index is 1.66. The smallest absolute Gasteiger partial charge is 0.232 e. The lowest BCUT2D eigenvalue weighted by molar-refractivity contribution is 0.129. The number of hydrogen-bond donors (Lipinski definition) is 2. The molecule has 0 unspecified atom stereocenters. The fourth-order valence-corrected chi connectivity index (χ4v) is 2.79. The van der Waals surface area contributed by atoms with Gasteiger partial charge in [0.1, 0.15) is 5.82 Å². The molecule has 0 bridgehead atoms. The minimum Gasteiger partial charge on any atom is -0.368 e. The van der Waals surface area contributed by atoms with Gasteiger partial charge >= 0.3 is 0 Å². The van der Waals surface area contributed by atoms with E-state index in [0.29, 0.717) is 18.3 Å². The van der Waals surface area contributed by atoms with Crippen LogP contribution in [0.15, 0.2) is 24.3 Å². The zero-order valence-corrected chi connectivity index (χ0v) is 14.4. The molecule has 128 valence electrons. The van der Waals surface area contributed by atoms with Gasteiger partial charge in [0.15, 0.2) is 0 Å². The molecule has 1 aliphatic heterocycles. The zero-order valence-electron chi connectivity index (χ0n) is 14.4. The first-order chi connectivity index (χ1) is 11.6. The molecule has 2 aromatic rings. The van der Waals surface area contributed by atoms with Crippen LogP contribution in [0.1, 0.15) is 18.3 Å². The van der Waals surface area contributed by atoms with Crippen molar-refractivity contribution in [1.82, 2.24) is 24.8 Å². The van der Waals surface area contributed by atoms with Gasteiger partial charge in [-0.3, -0.25) is 4.90 Å². The van der Waals surface area contributed by atoms with E-state index < -0.39 is 0 Å². The average Bonchev–Trinajstić information content (AvgIpc) is 2.57. The van der Waals surface area contributed by atoms with E-state index in [4.69, 9.17) is 5.73 Å². The van der Waals surface area contributed by atoms with E-state index in [-0.39, 0.29) is 5.95 Å². The molecule has 2 heterocycles. The fourth-order valence-electron chi connectivity index (χ4n) is 2.79. The Labute approximate surface area is 142 Å². The van der Waals surface area contributed by atoms with E-state index in [9.17, 15) is 0 Å². The summed E-state index contributed by atoms with van der Waals surface area (Å²) >= 11 is 0. The van der Waals surface area contributed by atoms with E-state index in [2.05, 4.69) is 43.9 Å². The molecule has 1 fully saturated rings. The monoisotopic (exact) mass is 327 g/mol. The molecule has 0 radical (unpaired) electrons. The van der Waals surface area contributed by atoms with Gasteiger partial charge < -0.3 is 16.0 Å². The second kappa shape index (κ2) is 7.55. The van der Waals surface area contributed by atoms with Gasteiger partial charge in [-0.1, -0.05) is 24.6 Å². The third kappa shape index (κ3) is 4.39. The van der Waals surface area contributed by atoms with E-state index in [1.54, 1.807) is 0 Å². The first kappa shape index (κ1) is 16.6. The molecule has 24 heavy (non-hydrogen) atoms. The molecule has 1 aromatic heterocycles. The molecule has 0 spiro atoms. The number of nitrogens with one attached hydrogen (secondary N) is 1. The Hall–Kier alpha value is -2.25. The highest BCUT2D eigenvalue weighted by Crippen LogP contribution is 2.15. The molecule has 3 rings (SSSR count). The van der Waals surface area contributed by atoms with Crippen molar-refractivity contribution in [2.75, 3.05) is 43.8 Å². The van der Waals surface area contributed by atoms with Crippen molar-refractivity contribution in [2.45, 2.75) is 20.4 Å². The third-order valence-corrected chi connectivity index (χ3v) is 4.28.